The van der Waals surface area contributed by atoms with E-state index in [1.807, 2.05) is 45.0 Å². The number of rotatable bonds is 6. The Morgan fingerprint density at radius 1 is 1.09 bits per heavy atom. The molecule has 0 aliphatic carbocycles. The fraction of sp³-hybridized carbons (Fsp3) is 0.240. The van der Waals surface area contributed by atoms with E-state index in [9.17, 15) is 13.2 Å². The Balaban J connectivity index is 0.00000149. The Morgan fingerprint density at radius 2 is 1.79 bits per heavy atom. The van der Waals surface area contributed by atoms with Crippen molar-refractivity contribution in [1.82, 2.24) is 4.57 Å². The summed E-state index contributed by atoms with van der Waals surface area (Å²) >= 11 is 0. The molecule has 4 rings (SSSR count). The largest absolute Gasteiger partial charge is 0.457 e. The van der Waals surface area contributed by atoms with E-state index in [1.54, 1.807) is 51.0 Å². The number of aromatic nitrogens is 1. The summed E-state index contributed by atoms with van der Waals surface area (Å²) in [6.07, 6.45) is 3.48. The third-order valence-electron chi connectivity index (χ3n) is 5.01. The highest BCUT2D eigenvalue weighted by Crippen LogP contribution is 2.34. The fourth-order valence-corrected chi connectivity index (χ4v) is 3.93. The predicted octanol–water partition coefficient (Wildman–Crippen LogP) is 4.01. The predicted molar refractivity (Wildman–Crippen MR) is 137 cm³/mol. The van der Waals surface area contributed by atoms with Gasteiger partial charge >= 0.3 is 0 Å². The van der Waals surface area contributed by atoms with Crippen LogP contribution >= 0.6 is 0 Å². The summed E-state index contributed by atoms with van der Waals surface area (Å²) in [5, 5.41) is 1.02. The van der Waals surface area contributed by atoms with Gasteiger partial charge in [-0.15, -0.1) is 0 Å². The molecule has 3 aromatic rings. The monoisotopic (exact) mass is 470 g/mol. The number of ether oxygens (including phenoxy) is 1. The van der Waals surface area contributed by atoms with Crippen LogP contribution in [-0.4, -0.2) is 18.7 Å². The zero-order valence-electron chi connectivity index (χ0n) is 19.4. The maximum Gasteiger partial charge on any atom is 0.276 e. The summed E-state index contributed by atoms with van der Waals surface area (Å²) in [4.78, 5) is 16.6. The van der Waals surface area contributed by atoms with Gasteiger partial charge in [-0.2, -0.15) is 0 Å². The van der Waals surface area contributed by atoms with Crippen molar-refractivity contribution < 1.29 is 16.0 Å². The quantitative estimate of drug-likeness (QED) is 0.589. The van der Waals surface area contributed by atoms with Crippen molar-refractivity contribution in [2.24, 2.45) is 12.0 Å². The van der Waals surface area contributed by atoms with Gasteiger partial charge in [0, 0.05) is 38.1 Å². The molecule has 33 heavy (non-hydrogen) atoms. The number of sulfonamides is 1. The van der Waals surface area contributed by atoms with E-state index in [1.165, 1.54) is 4.57 Å². The first-order chi connectivity index (χ1) is 15.8. The lowest BCUT2D eigenvalue weighted by Crippen LogP contribution is -2.43. The Hall–Kier alpha value is -3.39. The number of fused-ring (bicyclic) bond motifs is 1. The topological polar surface area (TPSA) is 89.8 Å². The van der Waals surface area contributed by atoms with Crippen LogP contribution in [0.1, 0.15) is 29.2 Å². The number of nitrogens with one attached hydrogen (secondary N) is 1. The lowest BCUT2D eigenvalue weighted by Gasteiger charge is -2.15. The minimum absolute atomic E-state index is 0. The molecule has 1 aromatic heterocycles. The molecule has 1 aliphatic heterocycles. The molecule has 0 saturated heterocycles. The minimum Gasteiger partial charge on any atom is -0.457 e. The van der Waals surface area contributed by atoms with E-state index in [-0.39, 0.29) is 14.2 Å². The number of pyridine rings is 1. The Kier molecular flexibility index (Phi) is 7.38. The average molecular weight is 471 g/mol. The second kappa shape index (κ2) is 10.0. The first kappa shape index (κ1) is 24.3. The van der Waals surface area contributed by atoms with Crippen molar-refractivity contribution in [2.75, 3.05) is 10.5 Å². The number of aryl methyl sites for hydroxylation is 2. The normalized spacial score (nSPS) is 12.0. The maximum absolute atomic E-state index is 12.5. The molecule has 0 atom stereocenters. The van der Waals surface area contributed by atoms with Gasteiger partial charge in [-0.25, -0.2) is 8.42 Å². The summed E-state index contributed by atoms with van der Waals surface area (Å²) in [6, 6.07) is 12.7. The molecular weight excluding hydrogens is 438 g/mol. The second-order valence-corrected chi connectivity index (χ2v) is 9.31. The van der Waals surface area contributed by atoms with Gasteiger partial charge in [-0.3, -0.25) is 14.5 Å². The molecule has 1 N–H and O–H groups in total. The minimum atomic E-state index is -3.45. The molecule has 0 spiro atoms. The van der Waals surface area contributed by atoms with Crippen LogP contribution < -0.4 is 25.6 Å². The number of anilines is 1. The van der Waals surface area contributed by atoms with Crippen LogP contribution in [0.15, 0.2) is 58.4 Å². The molecule has 7 nitrogen and oxygen atoms in total. The van der Waals surface area contributed by atoms with Crippen LogP contribution in [-0.2, 0) is 17.1 Å². The highest BCUT2D eigenvalue weighted by atomic mass is 32.2. The van der Waals surface area contributed by atoms with E-state index in [0.29, 0.717) is 38.9 Å². The highest BCUT2D eigenvalue weighted by Gasteiger charge is 2.17. The third-order valence-corrected chi connectivity index (χ3v) is 6.31. The van der Waals surface area contributed by atoms with Crippen LogP contribution in [0.4, 0.5) is 5.69 Å². The van der Waals surface area contributed by atoms with E-state index in [0.717, 1.165) is 5.56 Å². The van der Waals surface area contributed by atoms with E-state index >= 15 is 0 Å². The van der Waals surface area contributed by atoms with Crippen molar-refractivity contribution in [3.63, 3.8) is 0 Å². The van der Waals surface area contributed by atoms with Crippen molar-refractivity contribution in [1.29, 1.82) is 0 Å². The molecule has 1 radical (unpaired) electrons. The third kappa shape index (κ3) is 5.34. The zero-order valence-corrected chi connectivity index (χ0v) is 20.2. The van der Waals surface area contributed by atoms with Crippen LogP contribution in [0, 0.1) is 13.5 Å². The Morgan fingerprint density at radius 3 is 2.45 bits per heavy atom. The van der Waals surface area contributed by atoms with Gasteiger partial charge in [0.25, 0.3) is 5.56 Å². The summed E-state index contributed by atoms with van der Waals surface area (Å²) in [5.41, 5.74) is 2.68. The van der Waals surface area contributed by atoms with Crippen molar-refractivity contribution in [3.05, 3.63) is 81.7 Å². The summed E-state index contributed by atoms with van der Waals surface area (Å²) in [6.45, 7) is 9.15. The van der Waals surface area contributed by atoms with Gasteiger partial charge < -0.3 is 9.30 Å². The second-order valence-electron chi connectivity index (χ2n) is 7.30. The molecule has 0 bridgehead atoms. The molecule has 2 heterocycles. The van der Waals surface area contributed by atoms with Gasteiger partial charge in [0.2, 0.25) is 10.0 Å². The van der Waals surface area contributed by atoms with Gasteiger partial charge in [0.15, 0.2) is 0 Å². The van der Waals surface area contributed by atoms with Gasteiger partial charge in [-0.05, 0) is 50.3 Å². The number of benzene rings is 2. The van der Waals surface area contributed by atoms with Gasteiger partial charge in [0.1, 0.15) is 16.9 Å². The average Bonchev–Trinajstić information content (AvgIpc) is 3.30. The zero-order chi connectivity index (χ0) is 24.2. The van der Waals surface area contributed by atoms with Crippen molar-refractivity contribution in [3.8, 4) is 22.6 Å². The lowest BCUT2D eigenvalue weighted by atomic mass is 10.0. The molecule has 0 amide bonds. The van der Waals surface area contributed by atoms with Gasteiger partial charge in [0.05, 0.1) is 12.3 Å². The Labute approximate surface area is 197 Å². The summed E-state index contributed by atoms with van der Waals surface area (Å²) in [7, 11) is -1.80. The van der Waals surface area contributed by atoms with E-state index in [2.05, 4.69) is 9.71 Å². The molecule has 0 saturated carbocycles. The molecule has 1 aliphatic rings. The molecule has 0 unspecified atom stereocenters. The van der Waals surface area contributed by atoms with Crippen molar-refractivity contribution >= 4 is 21.8 Å². The molecule has 8 heteroatoms. The Bertz CT molecular complexity index is 1450. The van der Waals surface area contributed by atoms with Crippen LogP contribution in [0.25, 0.3) is 17.2 Å². The van der Waals surface area contributed by atoms with E-state index < -0.39 is 10.0 Å². The molecule has 177 valence electrons. The SMILES string of the molecule is CC.CCS(=O)(=O)Nc1ccc(Oc2ccc(C)cc2)c(-c2cn(C)c(=O)c3c2=C[CH]N=3)c1.[HH].[HH]. The maximum atomic E-state index is 12.5. The molecular formula is C25H32N3O4S. The standard InChI is InChI=1S/C23H22N3O4S.C2H6.2H2/c1-4-31(28,29)25-16-7-10-21(30-17-8-5-15(2)6-9-17)19(13-16)20-14-26(3)23(27)22-18(20)11-12-24-22;1-2;;/h5-14,25H,4H2,1-3H3;1-2H3;2*1H. The number of hydrogen-bond donors (Lipinski definition) is 1. The smallest absolute Gasteiger partial charge is 0.276 e. The first-order valence-electron chi connectivity index (χ1n) is 10.8. The molecule has 2 aromatic carbocycles. The van der Waals surface area contributed by atoms with Crippen LogP contribution in [0.5, 0.6) is 11.5 Å². The lowest BCUT2D eigenvalue weighted by molar-refractivity contribution is 0.484. The summed E-state index contributed by atoms with van der Waals surface area (Å²) < 4.78 is 34.4. The summed E-state index contributed by atoms with van der Waals surface area (Å²) in [5.74, 6) is 1.14. The number of hydrogen-bond acceptors (Lipinski definition) is 5. The molecule has 0 fully saturated rings. The van der Waals surface area contributed by atoms with Crippen LogP contribution in [0.3, 0.4) is 0 Å². The van der Waals surface area contributed by atoms with Crippen LogP contribution in [0.2, 0.25) is 0 Å². The fourth-order valence-electron chi connectivity index (χ4n) is 3.30. The van der Waals surface area contributed by atoms with Crippen molar-refractivity contribution in [2.45, 2.75) is 27.7 Å². The first-order valence-corrected chi connectivity index (χ1v) is 12.4. The van der Waals surface area contributed by atoms with Gasteiger partial charge in [-0.1, -0.05) is 31.5 Å². The van der Waals surface area contributed by atoms with E-state index in [4.69, 9.17) is 4.74 Å². The highest BCUT2D eigenvalue weighted by molar-refractivity contribution is 7.92. The number of nitrogens with zero attached hydrogens (tertiary/aromatic N) is 2.